The molecule has 0 aliphatic carbocycles. The van der Waals surface area contributed by atoms with Crippen molar-refractivity contribution in [3.05, 3.63) is 28.7 Å². The van der Waals surface area contributed by atoms with Gasteiger partial charge in [0.1, 0.15) is 5.82 Å². The number of alkyl halides is 3. The minimum Gasteiger partial charge on any atom is -0.481 e. The highest BCUT2D eigenvalue weighted by Crippen LogP contribution is 2.32. The minimum absolute atomic E-state index is 0.110. The SMILES string of the molecule is CC(CC(=O)O)Cc1nnc2c(Cl)cc(C(F)(F)F)cn12. The van der Waals surface area contributed by atoms with Crippen LogP contribution in [0.25, 0.3) is 5.65 Å². The third kappa shape index (κ3) is 3.44. The zero-order valence-electron chi connectivity index (χ0n) is 10.9. The predicted molar refractivity (Wildman–Crippen MR) is 68.1 cm³/mol. The van der Waals surface area contributed by atoms with Crippen molar-refractivity contribution >= 4 is 23.2 Å². The van der Waals surface area contributed by atoms with Gasteiger partial charge in [0, 0.05) is 19.0 Å². The lowest BCUT2D eigenvalue weighted by Crippen LogP contribution is -2.11. The summed E-state index contributed by atoms with van der Waals surface area (Å²) in [7, 11) is 0. The van der Waals surface area contributed by atoms with Crippen LogP contribution in [-0.4, -0.2) is 25.7 Å². The smallest absolute Gasteiger partial charge is 0.417 e. The Morgan fingerprint density at radius 2 is 2.14 bits per heavy atom. The van der Waals surface area contributed by atoms with Crippen molar-refractivity contribution in [2.45, 2.75) is 25.9 Å². The molecule has 0 aromatic carbocycles. The normalized spacial score (nSPS) is 13.6. The van der Waals surface area contributed by atoms with Crippen LogP contribution in [0.1, 0.15) is 24.7 Å². The number of carboxylic acid groups (broad SMARTS) is 1. The molecule has 0 aliphatic heterocycles. The summed E-state index contributed by atoms with van der Waals surface area (Å²) in [5.74, 6) is -1.03. The molecule has 0 radical (unpaired) electrons. The third-order valence-electron chi connectivity index (χ3n) is 2.91. The van der Waals surface area contributed by atoms with Crippen LogP contribution in [0.2, 0.25) is 5.02 Å². The molecule has 1 N–H and O–H groups in total. The molecule has 0 spiro atoms. The molecule has 2 aromatic heterocycles. The number of pyridine rings is 1. The van der Waals surface area contributed by atoms with Gasteiger partial charge in [0.15, 0.2) is 5.65 Å². The molecule has 5 nitrogen and oxygen atoms in total. The quantitative estimate of drug-likeness (QED) is 0.939. The van der Waals surface area contributed by atoms with Crippen LogP contribution < -0.4 is 0 Å². The van der Waals surface area contributed by atoms with Crippen molar-refractivity contribution in [1.29, 1.82) is 0 Å². The second-order valence-electron chi connectivity index (χ2n) is 4.79. The fourth-order valence-corrected chi connectivity index (χ4v) is 2.22. The molecule has 2 rings (SSSR count). The van der Waals surface area contributed by atoms with Crippen LogP contribution in [-0.2, 0) is 17.4 Å². The number of hydrogen-bond acceptors (Lipinski definition) is 3. The average molecular weight is 322 g/mol. The molecule has 114 valence electrons. The molecule has 1 unspecified atom stereocenters. The van der Waals surface area contributed by atoms with E-state index in [2.05, 4.69) is 10.2 Å². The van der Waals surface area contributed by atoms with Crippen LogP contribution in [0, 0.1) is 5.92 Å². The highest BCUT2D eigenvalue weighted by molar-refractivity contribution is 6.33. The zero-order valence-corrected chi connectivity index (χ0v) is 11.6. The molecular formula is C12H11ClF3N3O2. The number of aromatic nitrogens is 3. The maximum Gasteiger partial charge on any atom is 0.417 e. The monoisotopic (exact) mass is 321 g/mol. The van der Waals surface area contributed by atoms with Crippen LogP contribution in [0.15, 0.2) is 12.3 Å². The Kier molecular flexibility index (Phi) is 4.08. The van der Waals surface area contributed by atoms with E-state index >= 15 is 0 Å². The van der Waals surface area contributed by atoms with Crippen LogP contribution in [0.5, 0.6) is 0 Å². The van der Waals surface area contributed by atoms with E-state index < -0.39 is 17.7 Å². The number of hydrogen-bond donors (Lipinski definition) is 1. The topological polar surface area (TPSA) is 67.5 Å². The molecular weight excluding hydrogens is 311 g/mol. The summed E-state index contributed by atoms with van der Waals surface area (Å²) in [4.78, 5) is 10.6. The lowest BCUT2D eigenvalue weighted by molar-refractivity contribution is -0.138. The Morgan fingerprint density at radius 1 is 1.48 bits per heavy atom. The Balaban J connectivity index is 2.42. The van der Waals surface area contributed by atoms with E-state index in [1.165, 1.54) is 0 Å². The predicted octanol–water partition coefficient (Wildman–Crippen LogP) is 3.05. The van der Waals surface area contributed by atoms with Gasteiger partial charge in [-0.15, -0.1) is 10.2 Å². The van der Waals surface area contributed by atoms with Crippen LogP contribution >= 0.6 is 11.6 Å². The van der Waals surface area contributed by atoms with Crippen molar-refractivity contribution in [2.24, 2.45) is 5.92 Å². The molecule has 2 aromatic rings. The molecule has 9 heteroatoms. The van der Waals surface area contributed by atoms with E-state index in [-0.39, 0.29) is 35.3 Å². The Labute approximate surface area is 122 Å². The highest BCUT2D eigenvalue weighted by atomic mass is 35.5. The molecule has 0 fully saturated rings. The van der Waals surface area contributed by atoms with E-state index in [0.717, 1.165) is 16.7 Å². The number of aliphatic carboxylic acids is 1. The number of nitrogens with zero attached hydrogens (tertiary/aromatic N) is 3. The minimum atomic E-state index is -4.54. The third-order valence-corrected chi connectivity index (χ3v) is 3.19. The van der Waals surface area contributed by atoms with Crippen LogP contribution in [0.4, 0.5) is 13.2 Å². The van der Waals surface area contributed by atoms with E-state index in [4.69, 9.17) is 16.7 Å². The Morgan fingerprint density at radius 3 is 2.71 bits per heavy atom. The first kappa shape index (κ1) is 15.6. The van der Waals surface area contributed by atoms with Gasteiger partial charge in [-0.2, -0.15) is 13.2 Å². The molecule has 0 bridgehead atoms. The largest absolute Gasteiger partial charge is 0.481 e. The first-order valence-corrected chi connectivity index (χ1v) is 6.38. The fraction of sp³-hybridized carbons (Fsp3) is 0.417. The van der Waals surface area contributed by atoms with Crippen molar-refractivity contribution < 1.29 is 23.1 Å². The highest BCUT2D eigenvalue weighted by Gasteiger charge is 2.32. The lowest BCUT2D eigenvalue weighted by Gasteiger charge is -2.10. The molecule has 0 aliphatic rings. The van der Waals surface area contributed by atoms with E-state index in [1.807, 2.05) is 0 Å². The molecule has 0 amide bonds. The summed E-state index contributed by atoms with van der Waals surface area (Å²) >= 11 is 5.79. The molecule has 21 heavy (non-hydrogen) atoms. The summed E-state index contributed by atoms with van der Waals surface area (Å²) in [5, 5.41) is 16.1. The lowest BCUT2D eigenvalue weighted by atomic mass is 10.0. The van der Waals surface area contributed by atoms with Crippen LogP contribution in [0.3, 0.4) is 0 Å². The van der Waals surface area contributed by atoms with Crippen molar-refractivity contribution in [3.63, 3.8) is 0 Å². The number of fused-ring (bicyclic) bond motifs is 1. The van der Waals surface area contributed by atoms with Gasteiger partial charge in [-0.05, 0) is 12.0 Å². The molecule has 0 saturated carbocycles. The maximum absolute atomic E-state index is 12.8. The van der Waals surface area contributed by atoms with Gasteiger partial charge in [-0.1, -0.05) is 18.5 Å². The van der Waals surface area contributed by atoms with Gasteiger partial charge >= 0.3 is 12.1 Å². The maximum atomic E-state index is 12.8. The van der Waals surface area contributed by atoms with E-state index in [1.54, 1.807) is 6.92 Å². The Hall–Kier alpha value is -1.83. The fourth-order valence-electron chi connectivity index (χ4n) is 1.98. The molecule has 2 heterocycles. The number of carbonyl (C=O) groups is 1. The van der Waals surface area contributed by atoms with Gasteiger partial charge in [-0.25, -0.2) is 0 Å². The zero-order chi connectivity index (χ0) is 15.8. The van der Waals surface area contributed by atoms with Crippen molar-refractivity contribution in [3.8, 4) is 0 Å². The summed E-state index contributed by atoms with van der Waals surface area (Å²) < 4.78 is 39.5. The summed E-state index contributed by atoms with van der Waals surface area (Å²) in [6.45, 7) is 1.67. The van der Waals surface area contributed by atoms with Crippen molar-refractivity contribution in [2.75, 3.05) is 0 Å². The summed E-state index contributed by atoms with van der Waals surface area (Å²) in [6.07, 6.45) is -3.59. The first-order chi connectivity index (χ1) is 9.68. The van der Waals surface area contributed by atoms with Gasteiger partial charge in [0.25, 0.3) is 0 Å². The number of rotatable bonds is 4. The van der Waals surface area contributed by atoms with Crippen molar-refractivity contribution in [1.82, 2.24) is 14.6 Å². The van der Waals surface area contributed by atoms with Gasteiger partial charge in [0.2, 0.25) is 0 Å². The average Bonchev–Trinajstić information content (AvgIpc) is 2.70. The molecule has 0 saturated heterocycles. The van der Waals surface area contributed by atoms with E-state index in [9.17, 15) is 18.0 Å². The Bertz CT molecular complexity index is 684. The summed E-state index contributed by atoms with van der Waals surface area (Å²) in [5.41, 5.74) is -0.797. The van der Waals surface area contributed by atoms with Gasteiger partial charge in [-0.3, -0.25) is 9.20 Å². The summed E-state index contributed by atoms with van der Waals surface area (Å²) in [6, 6.07) is 0.788. The molecule has 1 atom stereocenters. The number of halogens is 4. The second-order valence-corrected chi connectivity index (χ2v) is 5.20. The first-order valence-electron chi connectivity index (χ1n) is 6.00. The van der Waals surface area contributed by atoms with Gasteiger partial charge < -0.3 is 5.11 Å². The number of carboxylic acids is 1. The second kappa shape index (κ2) is 5.51. The van der Waals surface area contributed by atoms with E-state index in [0.29, 0.717) is 0 Å². The van der Waals surface area contributed by atoms with Gasteiger partial charge in [0.05, 0.1) is 10.6 Å². The standard InChI is InChI=1S/C12H11ClF3N3O2/c1-6(3-10(20)21)2-9-17-18-11-8(13)4-7(5-19(9)11)12(14,15)16/h4-6H,2-3H2,1H3,(H,20,21).